The number of likely N-dealkylation sites (tertiary alicyclic amines) is 1. The van der Waals surface area contributed by atoms with E-state index in [4.69, 9.17) is 19.8 Å². The van der Waals surface area contributed by atoms with Crippen molar-refractivity contribution in [1.29, 1.82) is 0 Å². The molecule has 0 spiro atoms. The third kappa shape index (κ3) is 9.11. The number of likely N-dealkylation sites (N-methyl/N-ethyl adjacent to an activating group) is 1. The Morgan fingerprint density at radius 3 is 2.29 bits per heavy atom. The first-order valence-corrected chi connectivity index (χ1v) is 12.2. The second-order valence-corrected chi connectivity index (χ2v) is 8.99. The van der Waals surface area contributed by atoms with Gasteiger partial charge in [-0.1, -0.05) is 19.9 Å². The molecule has 0 bridgehead atoms. The van der Waals surface area contributed by atoms with Crippen LogP contribution in [0.25, 0.3) is 10.9 Å². The second-order valence-electron chi connectivity index (χ2n) is 8.99. The summed E-state index contributed by atoms with van der Waals surface area (Å²) < 4.78 is 0. The molecule has 3 atom stereocenters. The number of rotatable bonds is 7. The summed E-state index contributed by atoms with van der Waals surface area (Å²) >= 11 is 0. The zero-order valence-corrected chi connectivity index (χ0v) is 22.3. The van der Waals surface area contributed by atoms with E-state index in [1.807, 2.05) is 51.1 Å². The first-order chi connectivity index (χ1) is 18.0. The van der Waals surface area contributed by atoms with Gasteiger partial charge >= 0.3 is 0 Å². The first-order valence-electron chi connectivity index (χ1n) is 12.2. The number of aryl methyl sites for hydroxylation is 1. The Hall–Kier alpha value is -4.06. The van der Waals surface area contributed by atoms with Gasteiger partial charge in [0, 0.05) is 23.3 Å². The van der Waals surface area contributed by atoms with E-state index in [1.54, 1.807) is 18.9 Å². The van der Waals surface area contributed by atoms with E-state index in [0.717, 1.165) is 23.0 Å². The lowest BCUT2D eigenvalue weighted by Crippen LogP contribution is -2.56. The van der Waals surface area contributed by atoms with Crippen molar-refractivity contribution in [3.05, 3.63) is 36.0 Å². The SMILES string of the molecule is CN[C@@H](C)C(=O)N[C@H](C(=O)N1CCC[C@H]1C(=O)Nc1ccc2nc(C)ccc2c1)C(C)C.O=CO.O=CO. The van der Waals surface area contributed by atoms with Gasteiger partial charge < -0.3 is 31.1 Å². The number of aromatic nitrogens is 1. The molecule has 12 heteroatoms. The maximum Gasteiger partial charge on any atom is 0.290 e. The number of carbonyl (C=O) groups excluding carboxylic acids is 3. The molecule has 1 saturated heterocycles. The van der Waals surface area contributed by atoms with Crippen molar-refractivity contribution >= 4 is 47.3 Å². The molecule has 38 heavy (non-hydrogen) atoms. The molecule has 2 aromatic rings. The summed E-state index contributed by atoms with van der Waals surface area (Å²) in [5.74, 6) is -0.767. The molecule has 2 heterocycles. The number of nitrogens with one attached hydrogen (secondary N) is 3. The first kappa shape index (κ1) is 32.0. The van der Waals surface area contributed by atoms with Gasteiger partial charge in [-0.3, -0.25) is 29.0 Å². The van der Waals surface area contributed by atoms with Crippen LogP contribution in [-0.2, 0) is 24.0 Å². The number of nitrogens with zero attached hydrogens (tertiary/aromatic N) is 2. The largest absolute Gasteiger partial charge is 0.483 e. The summed E-state index contributed by atoms with van der Waals surface area (Å²) in [6, 6.07) is 7.84. The fourth-order valence-corrected chi connectivity index (χ4v) is 3.94. The highest BCUT2D eigenvalue weighted by molar-refractivity contribution is 6.00. The lowest BCUT2D eigenvalue weighted by Gasteiger charge is -2.31. The molecule has 0 aliphatic carbocycles. The predicted octanol–water partition coefficient (Wildman–Crippen LogP) is 1.62. The molecule has 1 fully saturated rings. The summed E-state index contributed by atoms with van der Waals surface area (Å²) in [5, 5.41) is 23.4. The van der Waals surface area contributed by atoms with E-state index in [2.05, 4.69) is 20.9 Å². The van der Waals surface area contributed by atoms with Crippen LogP contribution in [0.2, 0.25) is 0 Å². The second kappa shape index (κ2) is 15.9. The standard InChI is InChI=1S/C24H33N5O3.2CH2O2/c1-14(2)21(28-22(30)16(4)25-5)24(32)29-12-6-7-20(29)23(31)27-18-10-11-19-17(13-18)9-8-15(3)26-19;2*2-1-3/h8-11,13-14,16,20-21,25H,6-7,12H2,1-5H3,(H,27,31)(H,28,30);2*1H,(H,2,3)/t16-,20-,21-;;/m0../s1. The molecule has 12 nitrogen and oxygen atoms in total. The van der Waals surface area contributed by atoms with Crippen LogP contribution < -0.4 is 16.0 Å². The summed E-state index contributed by atoms with van der Waals surface area (Å²) in [6.07, 6.45) is 1.34. The Kier molecular flexibility index (Phi) is 13.4. The fraction of sp³-hybridized carbons (Fsp3) is 0.462. The molecule has 1 aromatic carbocycles. The number of benzene rings is 1. The Balaban J connectivity index is 0.00000110. The van der Waals surface area contributed by atoms with Gasteiger partial charge in [-0.05, 0) is 63.9 Å². The van der Waals surface area contributed by atoms with Crippen molar-refractivity contribution in [3.8, 4) is 0 Å². The summed E-state index contributed by atoms with van der Waals surface area (Å²) in [7, 11) is 1.70. The summed E-state index contributed by atoms with van der Waals surface area (Å²) in [5.41, 5.74) is 2.47. The minimum atomic E-state index is -0.679. The molecule has 1 aliphatic heterocycles. The van der Waals surface area contributed by atoms with Gasteiger partial charge in [0.05, 0.1) is 11.6 Å². The van der Waals surface area contributed by atoms with Crippen LogP contribution in [0.4, 0.5) is 5.69 Å². The van der Waals surface area contributed by atoms with E-state index in [9.17, 15) is 14.4 Å². The summed E-state index contributed by atoms with van der Waals surface area (Å²) in [4.78, 5) is 61.6. The van der Waals surface area contributed by atoms with Gasteiger partial charge in [-0.15, -0.1) is 0 Å². The molecular weight excluding hydrogens is 494 g/mol. The molecule has 3 rings (SSSR count). The number of carbonyl (C=O) groups is 5. The number of hydrogen-bond acceptors (Lipinski definition) is 7. The van der Waals surface area contributed by atoms with Crippen molar-refractivity contribution in [3.63, 3.8) is 0 Å². The zero-order chi connectivity index (χ0) is 28.8. The van der Waals surface area contributed by atoms with Crippen molar-refractivity contribution in [2.45, 2.75) is 58.7 Å². The highest BCUT2D eigenvalue weighted by Gasteiger charge is 2.38. The van der Waals surface area contributed by atoms with Crippen LogP contribution >= 0.6 is 0 Å². The van der Waals surface area contributed by atoms with Gasteiger partial charge in [0.25, 0.3) is 12.9 Å². The molecule has 1 aromatic heterocycles. The van der Waals surface area contributed by atoms with Crippen LogP contribution in [0.5, 0.6) is 0 Å². The quantitative estimate of drug-likeness (QED) is 0.332. The van der Waals surface area contributed by atoms with Crippen molar-refractivity contribution in [2.24, 2.45) is 5.92 Å². The number of carboxylic acid groups (broad SMARTS) is 2. The normalized spacial score (nSPS) is 15.7. The van der Waals surface area contributed by atoms with Crippen molar-refractivity contribution in [1.82, 2.24) is 20.5 Å². The van der Waals surface area contributed by atoms with Crippen molar-refractivity contribution < 1.29 is 34.2 Å². The maximum absolute atomic E-state index is 13.3. The maximum atomic E-state index is 13.3. The predicted molar refractivity (Wildman–Crippen MR) is 143 cm³/mol. The van der Waals surface area contributed by atoms with E-state index in [0.29, 0.717) is 18.7 Å². The monoisotopic (exact) mass is 531 g/mol. The van der Waals surface area contributed by atoms with Crippen LogP contribution in [0.3, 0.4) is 0 Å². The number of pyridine rings is 1. The zero-order valence-electron chi connectivity index (χ0n) is 22.3. The lowest BCUT2D eigenvalue weighted by atomic mass is 10.0. The molecule has 3 amide bonds. The Bertz CT molecular complexity index is 1100. The van der Waals surface area contributed by atoms with E-state index < -0.39 is 18.1 Å². The van der Waals surface area contributed by atoms with E-state index >= 15 is 0 Å². The molecule has 1 aliphatic rings. The molecule has 0 unspecified atom stereocenters. The third-order valence-electron chi connectivity index (χ3n) is 5.99. The highest BCUT2D eigenvalue weighted by atomic mass is 16.3. The Labute approximate surface area is 221 Å². The number of hydrogen-bond donors (Lipinski definition) is 5. The number of anilines is 1. The van der Waals surface area contributed by atoms with Gasteiger partial charge in [0.15, 0.2) is 0 Å². The van der Waals surface area contributed by atoms with Crippen LogP contribution in [-0.4, -0.2) is 82.5 Å². The molecule has 0 radical (unpaired) electrons. The van der Waals surface area contributed by atoms with Crippen LogP contribution in [0.1, 0.15) is 39.3 Å². The molecule has 5 N–H and O–H groups in total. The number of amides is 3. The van der Waals surface area contributed by atoms with Crippen LogP contribution in [0.15, 0.2) is 30.3 Å². The van der Waals surface area contributed by atoms with E-state index in [1.165, 1.54) is 0 Å². The average Bonchev–Trinajstić information content (AvgIpc) is 3.37. The fourth-order valence-electron chi connectivity index (χ4n) is 3.94. The minimum Gasteiger partial charge on any atom is -0.483 e. The van der Waals surface area contributed by atoms with Gasteiger partial charge in [0.2, 0.25) is 17.7 Å². The Morgan fingerprint density at radius 1 is 1.08 bits per heavy atom. The van der Waals surface area contributed by atoms with Crippen molar-refractivity contribution in [2.75, 3.05) is 18.9 Å². The average molecular weight is 532 g/mol. The van der Waals surface area contributed by atoms with Gasteiger partial charge in [-0.2, -0.15) is 0 Å². The van der Waals surface area contributed by atoms with E-state index in [-0.39, 0.29) is 36.6 Å². The van der Waals surface area contributed by atoms with Gasteiger partial charge in [-0.25, -0.2) is 0 Å². The summed E-state index contributed by atoms with van der Waals surface area (Å²) in [6.45, 7) is 7.46. The minimum absolute atomic E-state index is 0.101. The van der Waals surface area contributed by atoms with Gasteiger partial charge in [0.1, 0.15) is 12.1 Å². The lowest BCUT2D eigenvalue weighted by molar-refractivity contribution is -0.141. The smallest absolute Gasteiger partial charge is 0.290 e. The molecule has 208 valence electrons. The number of fused-ring (bicyclic) bond motifs is 1. The highest BCUT2D eigenvalue weighted by Crippen LogP contribution is 2.23. The molecule has 0 saturated carbocycles. The molecular formula is C26H37N5O7. The van der Waals surface area contributed by atoms with Crippen LogP contribution in [0, 0.1) is 12.8 Å². The Morgan fingerprint density at radius 2 is 1.71 bits per heavy atom. The topological polar surface area (TPSA) is 178 Å². The third-order valence-corrected chi connectivity index (χ3v) is 5.99.